The summed E-state index contributed by atoms with van der Waals surface area (Å²) in [5.74, 6) is -4.04. The Hall–Kier alpha value is -0.911. The van der Waals surface area contributed by atoms with E-state index in [4.69, 9.17) is 15.3 Å². The molecule has 0 aromatic heterocycles. The molecule has 0 aromatic carbocycles. The van der Waals surface area contributed by atoms with Crippen LogP contribution < -0.4 is 15.3 Å². The molecule has 3 atom stereocenters. The quantitative estimate of drug-likeness (QED) is 0.0396. The van der Waals surface area contributed by atoms with Crippen LogP contribution in [-0.2, 0) is 14.4 Å². The number of carboxylic acids is 3. The molecule has 60 heavy (non-hydrogen) atoms. The van der Waals surface area contributed by atoms with Gasteiger partial charge in [-0.1, -0.05) is 213 Å². The van der Waals surface area contributed by atoms with Crippen LogP contribution in [-0.4, -0.2) is 74.1 Å². The van der Waals surface area contributed by atoms with E-state index in [0.717, 1.165) is 57.8 Å². The Labute approximate surface area is 384 Å². The fourth-order valence-corrected chi connectivity index (χ4v) is 7.45. The van der Waals surface area contributed by atoms with Crippen molar-refractivity contribution >= 4 is 40.4 Å². The fourth-order valence-electron chi connectivity index (χ4n) is 6.73. The van der Waals surface area contributed by atoms with Crippen LogP contribution in [0.1, 0.15) is 278 Å². The molecule has 0 fully saturated rings. The van der Waals surface area contributed by atoms with Crippen LogP contribution >= 0.6 is 0 Å². The number of aliphatic hydroxyl groups is 3. The van der Waals surface area contributed by atoms with Crippen LogP contribution in [0.2, 0.25) is 4.44 Å². The molecule has 3 unspecified atom stereocenters. The van der Waals surface area contributed by atoms with Crippen LogP contribution in [0.25, 0.3) is 0 Å². The number of aliphatic carboxylic acids is 3. The van der Waals surface area contributed by atoms with E-state index in [9.17, 15) is 29.7 Å². The number of carbonyl (C=O) groups is 3. The number of hydrogen-bond donors (Lipinski definition) is 3. The molecule has 0 bridgehead atoms. The Morgan fingerprint density at radius 2 is 0.467 bits per heavy atom. The molecule has 10 heteroatoms. The van der Waals surface area contributed by atoms with Gasteiger partial charge < -0.3 is 45.0 Å². The Bertz CT molecular complexity index is 743. The Balaban J connectivity index is -0.000000356. The van der Waals surface area contributed by atoms with Crippen molar-refractivity contribution in [2.24, 2.45) is 0 Å². The summed E-state index contributed by atoms with van der Waals surface area (Å²) in [6.07, 6.45) is 42.2. The molecule has 0 rings (SSSR count). The summed E-state index contributed by atoms with van der Waals surface area (Å²) in [5.41, 5.74) is 0. The van der Waals surface area contributed by atoms with E-state index in [0.29, 0.717) is 19.3 Å². The molecule has 0 heterocycles. The Morgan fingerprint density at radius 1 is 0.317 bits per heavy atom. The summed E-state index contributed by atoms with van der Waals surface area (Å²) < 4.78 is 1.46. The predicted octanol–water partition coefficient (Wildman–Crippen LogP) is 10.2. The van der Waals surface area contributed by atoms with Gasteiger partial charge in [0.2, 0.25) is 0 Å². The zero-order valence-corrected chi connectivity index (χ0v) is 42.7. The molecule has 0 spiro atoms. The molecule has 0 aliphatic heterocycles. The van der Waals surface area contributed by atoms with Crippen molar-refractivity contribution in [3.63, 3.8) is 0 Å². The molecule has 0 saturated carbocycles. The van der Waals surface area contributed by atoms with Crippen molar-refractivity contribution in [2.75, 3.05) is 0 Å². The SMILES string of the molecule is CCCCCCCCCCCCC(O)C(=O)[O-].CCCCCCCCCCCCC(O)C(=O)[O-].CCCCCCCCCCCCC(O)C(=O)[O-].CCCCCCC[CH2][Sn+3]. The van der Waals surface area contributed by atoms with E-state index in [2.05, 4.69) is 27.7 Å². The normalized spacial score (nSPS) is 12.2. The van der Waals surface area contributed by atoms with E-state index in [1.165, 1.54) is 178 Å². The number of unbranched alkanes of at least 4 members (excludes halogenated alkanes) is 32. The van der Waals surface area contributed by atoms with Crippen molar-refractivity contribution < 1.29 is 45.0 Å². The van der Waals surface area contributed by atoms with E-state index < -0.39 is 36.2 Å². The standard InChI is InChI=1S/3C14H28O3.C8H17.Sn/c3*1-2-3-4-5-6-7-8-9-10-11-12-13(15)14(16)17;1-3-5-7-8-6-4-2;/h3*13,15H,2-12H2,1H3,(H,16,17);1,3-8H2,2H3;/q;;;;+3/p-3. The molecule has 0 aliphatic carbocycles. The molecule has 0 aliphatic rings. The van der Waals surface area contributed by atoms with Gasteiger partial charge in [0, 0.05) is 0 Å². The summed E-state index contributed by atoms with van der Waals surface area (Å²) in [4.78, 5) is 30.7. The van der Waals surface area contributed by atoms with Gasteiger partial charge in [0.15, 0.2) is 0 Å². The monoisotopic (exact) mass is 963 g/mol. The van der Waals surface area contributed by atoms with E-state index in [1.807, 2.05) is 0 Å². The molecule has 3 N–H and O–H groups in total. The molecule has 0 amide bonds. The number of carboxylic acid groups (broad SMARTS) is 3. The molecular formula is C50H98O9Sn. The zero-order chi connectivity index (χ0) is 45.7. The molecular weight excluding hydrogens is 863 g/mol. The average molecular weight is 962 g/mol. The first kappa shape index (κ1) is 65.7. The van der Waals surface area contributed by atoms with Crippen molar-refractivity contribution in [1.29, 1.82) is 0 Å². The first-order valence-electron chi connectivity index (χ1n) is 25.3. The predicted molar refractivity (Wildman–Crippen MR) is 246 cm³/mol. The van der Waals surface area contributed by atoms with Gasteiger partial charge in [0.1, 0.15) is 0 Å². The number of hydrogen-bond acceptors (Lipinski definition) is 9. The first-order valence-corrected chi connectivity index (χ1v) is 27.3. The summed E-state index contributed by atoms with van der Waals surface area (Å²) in [6.45, 7) is 8.94. The molecule has 0 radical (unpaired) electrons. The third-order valence-electron chi connectivity index (χ3n) is 10.8. The van der Waals surface area contributed by atoms with Crippen molar-refractivity contribution in [3.05, 3.63) is 0 Å². The van der Waals surface area contributed by atoms with E-state index >= 15 is 0 Å². The topological polar surface area (TPSA) is 181 Å². The fraction of sp³-hybridized carbons (Fsp3) is 0.940. The average Bonchev–Trinajstić information content (AvgIpc) is 3.23. The van der Waals surface area contributed by atoms with Crippen molar-refractivity contribution in [3.8, 4) is 0 Å². The maximum absolute atomic E-state index is 10.2. The van der Waals surface area contributed by atoms with Gasteiger partial charge in [-0.3, -0.25) is 0 Å². The third kappa shape index (κ3) is 63.7. The molecule has 0 saturated heterocycles. The number of aliphatic hydroxyl groups excluding tert-OH is 3. The number of rotatable bonds is 42. The number of carbonyl (C=O) groups excluding carboxylic acids is 3. The van der Waals surface area contributed by atoms with Gasteiger partial charge >= 0.3 is 72.4 Å². The van der Waals surface area contributed by atoms with Gasteiger partial charge in [-0.15, -0.1) is 0 Å². The van der Waals surface area contributed by atoms with Crippen LogP contribution in [0.3, 0.4) is 0 Å². The minimum absolute atomic E-state index is 0.332. The van der Waals surface area contributed by atoms with Crippen LogP contribution in [0.4, 0.5) is 0 Å². The Kier molecular flexibility index (Phi) is 63.6. The van der Waals surface area contributed by atoms with E-state index in [1.54, 1.807) is 22.5 Å². The second-order valence-electron chi connectivity index (χ2n) is 16.9. The Morgan fingerprint density at radius 3 is 0.617 bits per heavy atom. The molecule has 356 valence electrons. The third-order valence-corrected chi connectivity index (χ3v) is 11.8. The maximum atomic E-state index is 10.2. The van der Waals surface area contributed by atoms with Gasteiger partial charge in [-0.05, 0) is 19.3 Å². The van der Waals surface area contributed by atoms with Crippen molar-refractivity contribution in [2.45, 2.75) is 301 Å². The summed E-state index contributed by atoms with van der Waals surface area (Å²) >= 11 is 1.71. The van der Waals surface area contributed by atoms with Crippen LogP contribution in [0, 0.1) is 0 Å². The molecule has 9 nitrogen and oxygen atoms in total. The van der Waals surface area contributed by atoms with E-state index in [-0.39, 0.29) is 0 Å². The minimum atomic E-state index is -1.35. The second-order valence-corrected chi connectivity index (χ2v) is 18.4. The van der Waals surface area contributed by atoms with Gasteiger partial charge in [0.25, 0.3) is 0 Å². The summed E-state index contributed by atoms with van der Waals surface area (Å²) in [6, 6.07) is 0. The van der Waals surface area contributed by atoms with Crippen LogP contribution in [0.5, 0.6) is 0 Å². The summed E-state index contributed by atoms with van der Waals surface area (Å²) in [5, 5.41) is 57.7. The van der Waals surface area contributed by atoms with Gasteiger partial charge in [-0.25, -0.2) is 0 Å². The summed E-state index contributed by atoms with van der Waals surface area (Å²) in [7, 11) is 0. The van der Waals surface area contributed by atoms with Gasteiger partial charge in [0.05, 0.1) is 36.2 Å². The second kappa shape index (κ2) is 58.1. The zero-order valence-electron chi connectivity index (χ0n) is 39.8. The van der Waals surface area contributed by atoms with Crippen LogP contribution in [0.15, 0.2) is 0 Å². The van der Waals surface area contributed by atoms with Crippen molar-refractivity contribution in [1.82, 2.24) is 0 Å². The first-order chi connectivity index (χ1) is 29.0. The molecule has 0 aromatic rings. The van der Waals surface area contributed by atoms with Gasteiger partial charge in [-0.2, -0.15) is 0 Å².